The van der Waals surface area contributed by atoms with E-state index in [2.05, 4.69) is 4.98 Å². The topological polar surface area (TPSA) is 115 Å². The van der Waals surface area contributed by atoms with Crippen molar-refractivity contribution in [3.05, 3.63) is 107 Å². The number of nitro groups is 1. The Kier molecular flexibility index (Phi) is 5.48. The number of amides is 1. The van der Waals surface area contributed by atoms with Gasteiger partial charge in [-0.25, -0.2) is 4.98 Å². The summed E-state index contributed by atoms with van der Waals surface area (Å²) in [5.41, 5.74) is 0.783. The fourth-order valence-corrected chi connectivity index (χ4v) is 3.25. The van der Waals surface area contributed by atoms with Crippen LogP contribution in [0.15, 0.2) is 84.0 Å². The number of hydrogen-bond donors (Lipinski definition) is 1. The lowest BCUT2D eigenvalue weighted by Crippen LogP contribution is -2.30. The first kappa shape index (κ1) is 19.9. The maximum atomic E-state index is 13.3. The SMILES string of the molecule is O=C(c1ccc(-n2ccnc2)c([N+](=O)[O-])c1)N(Cc1ccco1)Cc1ccccc1O. The number of imidazole rings is 1. The molecule has 2 aromatic carbocycles. The van der Waals surface area contributed by atoms with Crippen molar-refractivity contribution in [2.45, 2.75) is 13.1 Å². The van der Waals surface area contributed by atoms with Gasteiger partial charge < -0.3 is 19.0 Å². The van der Waals surface area contributed by atoms with Gasteiger partial charge in [0.05, 0.1) is 30.6 Å². The van der Waals surface area contributed by atoms with Crippen LogP contribution in [0.2, 0.25) is 0 Å². The number of carbonyl (C=O) groups is 1. The van der Waals surface area contributed by atoms with Crippen LogP contribution in [-0.4, -0.2) is 30.4 Å². The second-order valence-electron chi connectivity index (χ2n) is 6.80. The van der Waals surface area contributed by atoms with Gasteiger partial charge in [-0.3, -0.25) is 14.9 Å². The molecule has 4 rings (SSSR count). The Hall–Kier alpha value is -4.40. The molecule has 0 bridgehead atoms. The monoisotopic (exact) mass is 418 g/mol. The van der Waals surface area contributed by atoms with Crippen molar-refractivity contribution >= 4 is 11.6 Å². The molecule has 2 heterocycles. The maximum Gasteiger partial charge on any atom is 0.294 e. The molecule has 31 heavy (non-hydrogen) atoms. The summed E-state index contributed by atoms with van der Waals surface area (Å²) in [6, 6.07) is 14.4. The molecule has 0 aliphatic carbocycles. The first-order valence-electron chi connectivity index (χ1n) is 9.38. The normalized spacial score (nSPS) is 10.7. The summed E-state index contributed by atoms with van der Waals surface area (Å²) >= 11 is 0. The first-order valence-corrected chi connectivity index (χ1v) is 9.38. The van der Waals surface area contributed by atoms with Gasteiger partial charge in [-0.2, -0.15) is 0 Å². The third kappa shape index (κ3) is 4.30. The van der Waals surface area contributed by atoms with Crippen LogP contribution in [0.3, 0.4) is 0 Å². The molecule has 1 amide bonds. The van der Waals surface area contributed by atoms with Crippen molar-refractivity contribution in [3.8, 4) is 11.4 Å². The van der Waals surface area contributed by atoms with Gasteiger partial charge in [-0.1, -0.05) is 18.2 Å². The molecule has 0 radical (unpaired) electrons. The average Bonchev–Trinajstić information content (AvgIpc) is 3.48. The quantitative estimate of drug-likeness (QED) is 0.359. The number of aromatic hydroxyl groups is 1. The van der Waals surface area contributed by atoms with E-state index in [4.69, 9.17) is 4.42 Å². The Bertz CT molecular complexity index is 1200. The molecule has 9 nitrogen and oxygen atoms in total. The van der Waals surface area contributed by atoms with Gasteiger partial charge in [0, 0.05) is 29.6 Å². The van der Waals surface area contributed by atoms with Crippen LogP contribution in [0.5, 0.6) is 5.75 Å². The number of rotatable bonds is 7. The number of phenols is 1. The Labute approximate surface area is 176 Å². The molecule has 2 aromatic heterocycles. The van der Waals surface area contributed by atoms with E-state index >= 15 is 0 Å². The fraction of sp³-hybridized carbons (Fsp3) is 0.0909. The molecule has 9 heteroatoms. The number of nitrogens with zero attached hydrogens (tertiary/aromatic N) is 4. The lowest BCUT2D eigenvalue weighted by molar-refractivity contribution is -0.384. The highest BCUT2D eigenvalue weighted by Gasteiger charge is 2.23. The van der Waals surface area contributed by atoms with E-state index in [1.54, 1.807) is 36.5 Å². The number of hydrogen-bond acceptors (Lipinski definition) is 6. The number of benzene rings is 2. The van der Waals surface area contributed by atoms with Crippen LogP contribution >= 0.6 is 0 Å². The van der Waals surface area contributed by atoms with Gasteiger partial charge in [0.15, 0.2) is 0 Å². The summed E-state index contributed by atoms with van der Waals surface area (Å²) in [6.45, 7) is 0.237. The van der Waals surface area contributed by atoms with E-state index in [1.807, 2.05) is 0 Å². The van der Waals surface area contributed by atoms with Crippen LogP contribution in [0.1, 0.15) is 21.7 Å². The Balaban J connectivity index is 1.69. The molecule has 1 N–H and O–H groups in total. The number of para-hydroxylation sites is 1. The van der Waals surface area contributed by atoms with Crippen LogP contribution in [0, 0.1) is 10.1 Å². The van der Waals surface area contributed by atoms with Gasteiger partial charge >= 0.3 is 0 Å². The summed E-state index contributed by atoms with van der Waals surface area (Å²) in [4.78, 5) is 29.8. The minimum atomic E-state index is -0.536. The minimum absolute atomic E-state index is 0.0566. The van der Waals surface area contributed by atoms with Gasteiger partial charge in [0.25, 0.3) is 11.6 Å². The molecular formula is C22H18N4O5. The Morgan fingerprint density at radius 3 is 2.68 bits per heavy atom. The van der Waals surface area contributed by atoms with Crippen molar-refractivity contribution in [2.24, 2.45) is 0 Å². The van der Waals surface area contributed by atoms with E-state index in [1.165, 1.54) is 52.5 Å². The van der Waals surface area contributed by atoms with E-state index < -0.39 is 10.8 Å². The zero-order valence-electron chi connectivity index (χ0n) is 16.3. The van der Waals surface area contributed by atoms with E-state index in [9.17, 15) is 20.0 Å². The van der Waals surface area contributed by atoms with Gasteiger partial charge in [-0.15, -0.1) is 0 Å². The third-order valence-electron chi connectivity index (χ3n) is 4.77. The molecule has 156 valence electrons. The second kappa shape index (κ2) is 8.54. The predicted octanol–water partition coefficient (Wildman–Crippen LogP) is 3.92. The lowest BCUT2D eigenvalue weighted by atomic mass is 10.1. The van der Waals surface area contributed by atoms with Crippen LogP contribution < -0.4 is 0 Å². The lowest BCUT2D eigenvalue weighted by Gasteiger charge is -2.22. The average molecular weight is 418 g/mol. The highest BCUT2D eigenvalue weighted by molar-refractivity contribution is 5.95. The number of furan rings is 1. The van der Waals surface area contributed by atoms with Gasteiger partial charge in [0.2, 0.25) is 0 Å². The van der Waals surface area contributed by atoms with Crippen LogP contribution in [-0.2, 0) is 13.1 Å². The van der Waals surface area contributed by atoms with Crippen LogP contribution in [0.4, 0.5) is 5.69 Å². The smallest absolute Gasteiger partial charge is 0.294 e. The van der Waals surface area contributed by atoms with Crippen molar-refractivity contribution in [1.82, 2.24) is 14.5 Å². The van der Waals surface area contributed by atoms with Crippen molar-refractivity contribution in [1.29, 1.82) is 0 Å². The molecule has 0 unspecified atom stereocenters. The number of phenolic OH excluding ortho intramolecular Hbond substituents is 1. The fourth-order valence-electron chi connectivity index (χ4n) is 3.25. The highest BCUT2D eigenvalue weighted by Crippen LogP contribution is 2.26. The maximum absolute atomic E-state index is 13.3. The summed E-state index contributed by atoms with van der Waals surface area (Å²) in [6.07, 6.45) is 6.05. The molecule has 0 atom stereocenters. The molecule has 0 saturated carbocycles. The van der Waals surface area contributed by atoms with Gasteiger partial charge in [0.1, 0.15) is 17.2 Å². The van der Waals surface area contributed by atoms with Crippen LogP contribution in [0.25, 0.3) is 5.69 Å². The zero-order chi connectivity index (χ0) is 21.8. The summed E-state index contributed by atoms with van der Waals surface area (Å²) in [5, 5.41) is 21.8. The number of aromatic nitrogens is 2. The molecular weight excluding hydrogens is 400 g/mol. The third-order valence-corrected chi connectivity index (χ3v) is 4.77. The van der Waals surface area contributed by atoms with E-state index in [-0.39, 0.29) is 30.1 Å². The van der Waals surface area contributed by atoms with Crippen molar-refractivity contribution in [2.75, 3.05) is 0 Å². The highest BCUT2D eigenvalue weighted by atomic mass is 16.6. The van der Waals surface area contributed by atoms with Crippen molar-refractivity contribution in [3.63, 3.8) is 0 Å². The van der Waals surface area contributed by atoms with Gasteiger partial charge in [-0.05, 0) is 30.3 Å². The molecule has 0 aliphatic heterocycles. The largest absolute Gasteiger partial charge is 0.508 e. The van der Waals surface area contributed by atoms with E-state index in [0.29, 0.717) is 17.0 Å². The first-order chi connectivity index (χ1) is 15.0. The molecule has 0 saturated heterocycles. The predicted molar refractivity (Wildman–Crippen MR) is 111 cm³/mol. The molecule has 0 aliphatic rings. The number of nitro benzene ring substituents is 1. The zero-order valence-corrected chi connectivity index (χ0v) is 16.3. The standard InChI is InChI=1S/C22H18N4O5/c27-21-6-2-1-4-17(21)13-25(14-18-5-3-11-31-18)22(28)16-7-8-19(20(12-16)26(29)30)24-10-9-23-15-24/h1-12,15,27H,13-14H2. The second-order valence-corrected chi connectivity index (χ2v) is 6.80. The molecule has 0 spiro atoms. The van der Waals surface area contributed by atoms with Crippen molar-refractivity contribution < 1.29 is 19.2 Å². The van der Waals surface area contributed by atoms with E-state index in [0.717, 1.165) is 0 Å². The Morgan fingerprint density at radius 2 is 2.00 bits per heavy atom. The Morgan fingerprint density at radius 1 is 1.16 bits per heavy atom. The summed E-state index contributed by atoms with van der Waals surface area (Å²) < 4.78 is 6.88. The summed E-state index contributed by atoms with van der Waals surface area (Å²) in [7, 11) is 0. The molecule has 4 aromatic rings. The minimum Gasteiger partial charge on any atom is -0.508 e. The number of carbonyl (C=O) groups excluding carboxylic acids is 1. The molecule has 0 fully saturated rings. The summed E-state index contributed by atoms with van der Waals surface area (Å²) in [5.74, 6) is 0.175.